The Morgan fingerprint density at radius 2 is 1.48 bits per heavy atom. The molecule has 1 aromatic rings. The monoisotopic (exact) mass is 303 g/mol. The zero-order valence-electron chi connectivity index (χ0n) is 12.6. The van der Waals surface area contributed by atoms with Crippen molar-refractivity contribution in [3.05, 3.63) is 35.4 Å². The van der Waals surface area contributed by atoms with E-state index in [2.05, 4.69) is 29.6 Å². The molecule has 1 heterocycles. The third-order valence-corrected chi connectivity index (χ3v) is 7.20. The van der Waals surface area contributed by atoms with Crippen molar-refractivity contribution < 1.29 is 4.21 Å². The Bertz CT molecular complexity index is 501. The Morgan fingerprint density at radius 3 is 2.05 bits per heavy atom. The minimum absolute atomic E-state index is 0.545. The summed E-state index contributed by atoms with van der Waals surface area (Å²) in [7, 11) is -0.545. The summed E-state index contributed by atoms with van der Waals surface area (Å²) in [5, 5.41) is 3.98. The van der Waals surface area contributed by atoms with Gasteiger partial charge in [-0.05, 0) is 61.5 Å². The molecule has 114 valence electrons. The van der Waals surface area contributed by atoms with E-state index in [0.717, 1.165) is 36.2 Å². The molecular weight excluding hydrogens is 278 g/mol. The van der Waals surface area contributed by atoms with E-state index < -0.39 is 10.8 Å². The van der Waals surface area contributed by atoms with Gasteiger partial charge in [-0.25, -0.2) is 0 Å². The van der Waals surface area contributed by atoms with Crippen LogP contribution in [0, 0.1) is 11.8 Å². The van der Waals surface area contributed by atoms with Gasteiger partial charge in [0.05, 0.1) is 0 Å². The molecule has 1 N–H and O–H groups in total. The molecule has 2 bridgehead atoms. The summed E-state index contributed by atoms with van der Waals surface area (Å²) in [5.74, 6) is 3.43. The number of hydrogen-bond donors (Lipinski definition) is 1. The summed E-state index contributed by atoms with van der Waals surface area (Å²) in [4.78, 5) is 0. The third-order valence-electron chi connectivity index (χ3n) is 5.82. The van der Waals surface area contributed by atoms with Crippen molar-refractivity contribution in [2.24, 2.45) is 11.8 Å². The van der Waals surface area contributed by atoms with Crippen molar-refractivity contribution in [1.29, 1.82) is 0 Å². The van der Waals surface area contributed by atoms with Gasteiger partial charge in [0.2, 0.25) is 0 Å². The molecule has 0 spiro atoms. The van der Waals surface area contributed by atoms with Gasteiger partial charge in [0.15, 0.2) is 0 Å². The van der Waals surface area contributed by atoms with E-state index in [1.165, 1.54) is 25.7 Å². The topological polar surface area (TPSA) is 29.1 Å². The van der Waals surface area contributed by atoms with Crippen molar-refractivity contribution in [2.45, 2.75) is 50.6 Å². The van der Waals surface area contributed by atoms with Crippen LogP contribution >= 0.6 is 0 Å². The summed E-state index contributed by atoms with van der Waals surface area (Å²) < 4.78 is 11.5. The van der Waals surface area contributed by atoms with E-state index in [-0.39, 0.29) is 0 Å². The molecule has 1 saturated heterocycles. The lowest BCUT2D eigenvalue weighted by Gasteiger charge is -2.31. The molecule has 1 aliphatic heterocycles. The van der Waals surface area contributed by atoms with Gasteiger partial charge in [0.1, 0.15) is 0 Å². The Kier molecular flexibility index (Phi) is 3.89. The standard InChI is InChI=1S/C18H25NOS/c20-21-9-7-17(8-10-21)19-18-15-5-6-16(18)12-14-4-2-1-3-13(14)11-15/h1-4,15-19H,5-12H2. The minimum Gasteiger partial charge on any atom is -0.311 e. The highest BCUT2D eigenvalue weighted by molar-refractivity contribution is 7.85. The van der Waals surface area contributed by atoms with Crippen LogP contribution in [0.1, 0.15) is 36.8 Å². The van der Waals surface area contributed by atoms with Gasteiger partial charge in [-0.3, -0.25) is 4.21 Å². The van der Waals surface area contributed by atoms with Gasteiger partial charge in [-0.2, -0.15) is 0 Å². The van der Waals surface area contributed by atoms with E-state index >= 15 is 0 Å². The summed E-state index contributed by atoms with van der Waals surface area (Å²) in [6.45, 7) is 0. The maximum atomic E-state index is 11.5. The predicted molar refractivity (Wildman–Crippen MR) is 87.9 cm³/mol. The van der Waals surface area contributed by atoms with Crippen LogP contribution in [0.25, 0.3) is 0 Å². The number of benzene rings is 1. The first-order chi connectivity index (χ1) is 10.3. The second-order valence-corrected chi connectivity index (χ2v) is 8.79. The van der Waals surface area contributed by atoms with Crippen molar-refractivity contribution in [1.82, 2.24) is 5.32 Å². The molecular formula is C18H25NOS. The number of fused-ring (bicyclic) bond motifs is 3. The van der Waals surface area contributed by atoms with Crippen molar-refractivity contribution in [3.8, 4) is 0 Å². The predicted octanol–water partition coefficient (Wildman–Crippen LogP) is 2.68. The average Bonchev–Trinajstić information content (AvgIpc) is 2.76. The van der Waals surface area contributed by atoms with Crippen LogP contribution < -0.4 is 5.32 Å². The molecule has 2 aliphatic carbocycles. The van der Waals surface area contributed by atoms with E-state index in [4.69, 9.17) is 0 Å². The first-order valence-electron chi connectivity index (χ1n) is 8.47. The van der Waals surface area contributed by atoms with Crippen LogP contribution in [0.15, 0.2) is 24.3 Å². The SMILES string of the molecule is O=S1CCC(NC2C3CCC2Cc2ccccc2C3)CC1. The maximum absolute atomic E-state index is 11.5. The van der Waals surface area contributed by atoms with Gasteiger partial charge in [-0.15, -0.1) is 0 Å². The van der Waals surface area contributed by atoms with E-state index in [9.17, 15) is 4.21 Å². The molecule has 3 aliphatic rings. The summed E-state index contributed by atoms with van der Waals surface area (Å²) in [6.07, 6.45) is 7.49. The fraction of sp³-hybridized carbons (Fsp3) is 0.667. The van der Waals surface area contributed by atoms with Crippen LogP contribution in [0.4, 0.5) is 0 Å². The highest BCUT2D eigenvalue weighted by Crippen LogP contribution is 2.40. The van der Waals surface area contributed by atoms with Crippen LogP contribution in [-0.4, -0.2) is 27.8 Å². The van der Waals surface area contributed by atoms with E-state index in [1.54, 1.807) is 11.1 Å². The van der Waals surface area contributed by atoms with Gasteiger partial charge >= 0.3 is 0 Å². The molecule has 2 nitrogen and oxygen atoms in total. The zero-order valence-corrected chi connectivity index (χ0v) is 13.4. The first-order valence-corrected chi connectivity index (χ1v) is 9.96. The van der Waals surface area contributed by atoms with Crippen LogP contribution in [0.5, 0.6) is 0 Å². The molecule has 4 rings (SSSR count). The van der Waals surface area contributed by atoms with Gasteiger partial charge in [0.25, 0.3) is 0 Å². The first kappa shape index (κ1) is 14.0. The molecule has 0 aromatic heterocycles. The summed E-state index contributed by atoms with van der Waals surface area (Å²) in [6, 6.07) is 10.3. The highest BCUT2D eigenvalue weighted by Gasteiger charge is 2.39. The van der Waals surface area contributed by atoms with Crippen LogP contribution in [0.3, 0.4) is 0 Å². The Labute approximate surface area is 130 Å². The maximum Gasteiger partial charge on any atom is 0.0249 e. The quantitative estimate of drug-likeness (QED) is 0.910. The fourth-order valence-electron chi connectivity index (χ4n) is 4.66. The van der Waals surface area contributed by atoms with E-state index in [0.29, 0.717) is 12.1 Å². The molecule has 1 aromatic carbocycles. The Morgan fingerprint density at radius 1 is 0.905 bits per heavy atom. The van der Waals surface area contributed by atoms with Crippen molar-refractivity contribution in [2.75, 3.05) is 11.5 Å². The lowest BCUT2D eigenvalue weighted by molar-refractivity contribution is 0.296. The second kappa shape index (κ2) is 5.85. The lowest BCUT2D eigenvalue weighted by Crippen LogP contribution is -2.46. The largest absolute Gasteiger partial charge is 0.311 e. The third kappa shape index (κ3) is 2.83. The van der Waals surface area contributed by atoms with Crippen molar-refractivity contribution >= 4 is 10.8 Å². The Hall–Kier alpha value is -0.670. The van der Waals surface area contributed by atoms with Gasteiger partial charge in [-0.1, -0.05) is 24.3 Å². The normalized spacial score (nSPS) is 38.8. The number of hydrogen-bond acceptors (Lipinski definition) is 2. The Balaban J connectivity index is 1.49. The minimum atomic E-state index is -0.545. The van der Waals surface area contributed by atoms with E-state index in [1.807, 2.05) is 0 Å². The lowest BCUT2D eigenvalue weighted by atomic mass is 9.93. The molecule has 0 radical (unpaired) electrons. The summed E-state index contributed by atoms with van der Waals surface area (Å²) >= 11 is 0. The zero-order chi connectivity index (χ0) is 14.2. The van der Waals surface area contributed by atoms with Crippen LogP contribution in [0.2, 0.25) is 0 Å². The number of rotatable bonds is 2. The molecule has 0 amide bonds. The fourth-order valence-corrected chi connectivity index (χ4v) is 5.95. The summed E-state index contributed by atoms with van der Waals surface area (Å²) in [5.41, 5.74) is 3.17. The average molecular weight is 303 g/mol. The molecule has 2 fully saturated rings. The molecule has 2 atom stereocenters. The highest BCUT2D eigenvalue weighted by atomic mass is 32.2. The molecule has 3 heteroatoms. The van der Waals surface area contributed by atoms with Gasteiger partial charge in [0, 0.05) is 34.4 Å². The smallest absolute Gasteiger partial charge is 0.0249 e. The molecule has 2 unspecified atom stereocenters. The second-order valence-electron chi connectivity index (χ2n) is 7.09. The number of nitrogens with one attached hydrogen (secondary N) is 1. The van der Waals surface area contributed by atoms with Crippen molar-refractivity contribution in [3.63, 3.8) is 0 Å². The molecule has 21 heavy (non-hydrogen) atoms. The molecule has 1 saturated carbocycles. The van der Waals surface area contributed by atoms with Gasteiger partial charge < -0.3 is 5.32 Å². The van der Waals surface area contributed by atoms with Crippen LogP contribution in [-0.2, 0) is 23.6 Å².